The van der Waals surface area contributed by atoms with E-state index >= 15 is 0 Å². The van der Waals surface area contributed by atoms with E-state index in [0.717, 1.165) is 17.0 Å². The SMILES string of the molecule is Cc1cc(C)n(-c2ccc(Cl)c(C(=O)NNC(=O)Cc3ccc(Cl)cc3)n2)n1. The van der Waals surface area contributed by atoms with E-state index in [4.69, 9.17) is 23.2 Å². The van der Waals surface area contributed by atoms with Crippen molar-refractivity contribution in [3.63, 3.8) is 0 Å². The van der Waals surface area contributed by atoms with Gasteiger partial charge in [0.2, 0.25) is 5.91 Å². The molecular weight excluding hydrogens is 401 g/mol. The Morgan fingerprint density at radius 3 is 2.39 bits per heavy atom. The minimum Gasteiger partial charge on any atom is -0.273 e. The summed E-state index contributed by atoms with van der Waals surface area (Å²) >= 11 is 11.9. The second kappa shape index (κ2) is 8.41. The number of carbonyl (C=O) groups excluding carboxylic acids is 2. The number of hydrogen-bond acceptors (Lipinski definition) is 4. The molecule has 0 aliphatic rings. The largest absolute Gasteiger partial charge is 0.289 e. The van der Waals surface area contributed by atoms with Crippen LogP contribution >= 0.6 is 23.2 Å². The smallest absolute Gasteiger partial charge is 0.273 e. The van der Waals surface area contributed by atoms with Crippen molar-refractivity contribution in [2.75, 3.05) is 0 Å². The quantitative estimate of drug-likeness (QED) is 0.637. The van der Waals surface area contributed by atoms with Crippen molar-refractivity contribution in [2.45, 2.75) is 20.3 Å². The molecular formula is C19H17Cl2N5O2. The highest BCUT2D eigenvalue weighted by Crippen LogP contribution is 2.17. The summed E-state index contributed by atoms with van der Waals surface area (Å²) in [6.07, 6.45) is 0.0877. The molecule has 0 saturated carbocycles. The molecule has 144 valence electrons. The Morgan fingerprint density at radius 2 is 1.75 bits per heavy atom. The molecule has 2 aromatic heterocycles. The first kappa shape index (κ1) is 19.9. The van der Waals surface area contributed by atoms with E-state index in [1.807, 2.05) is 19.9 Å². The van der Waals surface area contributed by atoms with Gasteiger partial charge in [-0.05, 0) is 49.7 Å². The normalized spacial score (nSPS) is 10.6. The van der Waals surface area contributed by atoms with Gasteiger partial charge in [0.15, 0.2) is 11.5 Å². The second-order valence-electron chi connectivity index (χ2n) is 6.14. The number of amides is 2. The maximum absolute atomic E-state index is 12.4. The Hall–Kier alpha value is -2.90. The molecule has 9 heteroatoms. The van der Waals surface area contributed by atoms with Crippen LogP contribution in [0.3, 0.4) is 0 Å². The van der Waals surface area contributed by atoms with Crippen molar-refractivity contribution in [2.24, 2.45) is 0 Å². The number of carbonyl (C=O) groups is 2. The lowest BCUT2D eigenvalue weighted by atomic mass is 10.1. The van der Waals surface area contributed by atoms with Crippen LogP contribution in [0.25, 0.3) is 5.82 Å². The number of aromatic nitrogens is 3. The summed E-state index contributed by atoms with van der Waals surface area (Å²) in [6.45, 7) is 3.75. The van der Waals surface area contributed by atoms with E-state index in [2.05, 4.69) is 20.9 Å². The first-order valence-corrected chi connectivity index (χ1v) is 9.13. The fraction of sp³-hybridized carbons (Fsp3) is 0.158. The van der Waals surface area contributed by atoms with Gasteiger partial charge in [0, 0.05) is 10.7 Å². The van der Waals surface area contributed by atoms with Crippen LogP contribution in [0.1, 0.15) is 27.4 Å². The van der Waals surface area contributed by atoms with Gasteiger partial charge in [0.05, 0.1) is 17.1 Å². The van der Waals surface area contributed by atoms with Gasteiger partial charge in [0.25, 0.3) is 5.91 Å². The van der Waals surface area contributed by atoms with Crippen molar-refractivity contribution >= 4 is 35.0 Å². The zero-order chi connectivity index (χ0) is 20.3. The molecule has 0 fully saturated rings. The number of aryl methyl sites for hydroxylation is 2. The molecule has 7 nitrogen and oxygen atoms in total. The van der Waals surface area contributed by atoms with Crippen LogP contribution in [-0.2, 0) is 11.2 Å². The topological polar surface area (TPSA) is 88.9 Å². The third kappa shape index (κ3) is 4.68. The van der Waals surface area contributed by atoms with E-state index in [1.165, 1.54) is 0 Å². The molecule has 0 radical (unpaired) electrons. The summed E-state index contributed by atoms with van der Waals surface area (Å²) in [7, 11) is 0. The number of halogens is 2. The monoisotopic (exact) mass is 417 g/mol. The molecule has 2 heterocycles. The minimum atomic E-state index is -0.627. The highest BCUT2D eigenvalue weighted by molar-refractivity contribution is 6.33. The molecule has 0 aliphatic heterocycles. The highest BCUT2D eigenvalue weighted by Gasteiger charge is 2.16. The first-order chi connectivity index (χ1) is 13.3. The molecule has 0 aliphatic carbocycles. The molecule has 0 saturated heterocycles. The lowest BCUT2D eigenvalue weighted by molar-refractivity contribution is -0.121. The number of hydrogen-bond donors (Lipinski definition) is 2. The van der Waals surface area contributed by atoms with Crippen LogP contribution in [0, 0.1) is 13.8 Å². The minimum absolute atomic E-state index is 0.0153. The van der Waals surface area contributed by atoms with Crippen LogP contribution in [0.4, 0.5) is 0 Å². The Kier molecular flexibility index (Phi) is 5.96. The zero-order valence-electron chi connectivity index (χ0n) is 15.2. The first-order valence-electron chi connectivity index (χ1n) is 8.37. The predicted molar refractivity (Wildman–Crippen MR) is 107 cm³/mol. The van der Waals surface area contributed by atoms with E-state index < -0.39 is 5.91 Å². The van der Waals surface area contributed by atoms with Crippen LogP contribution < -0.4 is 10.9 Å². The number of hydrazine groups is 1. The third-order valence-corrected chi connectivity index (χ3v) is 4.42. The van der Waals surface area contributed by atoms with Crippen molar-refractivity contribution in [1.82, 2.24) is 25.6 Å². The van der Waals surface area contributed by atoms with Gasteiger partial charge >= 0.3 is 0 Å². The fourth-order valence-corrected chi connectivity index (χ4v) is 2.90. The Labute approximate surface area is 171 Å². The summed E-state index contributed by atoms with van der Waals surface area (Å²) < 4.78 is 1.61. The number of rotatable bonds is 4. The molecule has 0 unspecified atom stereocenters. The van der Waals surface area contributed by atoms with Gasteiger partial charge in [-0.15, -0.1) is 0 Å². The maximum atomic E-state index is 12.4. The summed E-state index contributed by atoms with van der Waals surface area (Å²) in [4.78, 5) is 28.7. The van der Waals surface area contributed by atoms with Crippen LogP contribution in [-0.4, -0.2) is 26.6 Å². The molecule has 3 rings (SSSR count). The van der Waals surface area contributed by atoms with Crippen molar-refractivity contribution in [3.05, 3.63) is 75.2 Å². The van der Waals surface area contributed by atoms with Crippen molar-refractivity contribution in [1.29, 1.82) is 0 Å². The second-order valence-corrected chi connectivity index (χ2v) is 6.99. The van der Waals surface area contributed by atoms with Crippen LogP contribution in [0.5, 0.6) is 0 Å². The summed E-state index contributed by atoms with van der Waals surface area (Å²) in [5.74, 6) is -0.563. The van der Waals surface area contributed by atoms with E-state index in [1.54, 1.807) is 41.1 Å². The molecule has 2 amide bonds. The number of nitrogens with zero attached hydrogens (tertiary/aromatic N) is 3. The van der Waals surface area contributed by atoms with E-state index in [9.17, 15) is 9.59 Å². The lowest BCUT2D eigenvalue weighted by Crippen LogP contribution is -2.42. The molecule has 0 spiro atoms. The summed E-state index contributed by atoms with van der Waals surface area (Å²) in [6, 6.07) is 12.0. The molecule has 28 heavy (non-hydrogen) atoms. The van der Waals surface area contributed by atoms with Crippen molar-refractivity contribution in [3.8, 4) is 5.82 Å². The maximum Gasteiger partial charge on any atom is 0.289 e. The average molecular weight is 418 g/mol. The van der Waals surface area contributed by atoms with Gasteiger partial charge in [-0.1, -0.05) is 35.3 Å². The van der Waals surface area contributed by atoms with Gasteiger partial charge in [-0.25, -0.2) is 9.67 Å². The molecule has 0 atom stereocenters. The molecule has 1 aromatic carbocycles. The fourth-order valence-electron chi connectivity index (χ4n) is 2.59. The lowest BCUT2D eigenvalue weighted by Gasteiger charge is -2.10. The van der Waals surface area contributed by atoms with E-state index in [-0.39, 0.29) is 23.0 Å². The van der Waals surface area contributed by atoms with Crippen LogP contribution in [0.15, 0.2) is 42.5 Å². The molecule has 0 bridgehead atoms. The third-order valence-electron chi connectivity index (χ3n) is 3.87. The van der Waals surface area contributed by atoms with Gasteiger partial charge in [-0.2, -0.15) is 5.10 Å². The Balaban J connectivity index is 1.68. The zero-order valence-corrected chi connectivity index (χ0v) is 16.7. The highest BCUT2D eigenvalue weighted by atomic mass is 35.5. The average Bonchev–Trinajstić information content (AvgIpc) is 3.00. The van der Waals surface area contributed by atoms with Gasteiger partial charge < -0.3 is 0 Å². The number of benzene rings is 1. The predicted octanol–water partition coefficient (Wildman–Crippen LogP) is 3.19. The van der Waals surface area contributed by atoms with Crippen LogP contribution in [0.2, 0.25) is 10.0 Å². The summed E-state index contributed by atoms with van der Waals surface area (Å²) in [5, 5.41) is 5.08. The van der Waals surface area contributed by atoms with E-state index in [0.29, 0.717) is 10.8 Å². The number of pyridine rings is 1. The van der Waals surface area contributed by atoms with Gasteiger partial charge in [0.1, 0.15) is 0 Å². The summed E-state index contributed by atoms with van der Waals surface area (Å²) in [5.41, 5.74) is 7.13. The van der Waals surface area contributed by atoms with Gasteiger partial charge in [-0.3, -0.25) is 20.4 Å². The Morgan fingerprint density at radius 1 is 1.04 bits per heavy atom. The number of nitrogens with one attached hydrogen (secondary N) is 2. The molecule has 2 N–H and O–H groups in total. The standard InChI is InChI=1S/C19H17Cl2N5O2/c1-11-9-12(2)26(25-11)16-8-7-15(21)18(22-16)19(28)24-23-17(27)10-13-3-5-14(20)6-4-13/h3-9H,10H2,1-2H3,(H,23,27)(H,24,28). The van der Waals surface area contributed by atoms with Crippen molar-refractivity contribution < 1.29 is 9.59 Å². The Bertz CT molecular complexity index is 1030. The molecule has 3 aromatic rings.